The zero-order chi connectivity index (χ0) is 28.2. The fraction of sp³-hybridized carbons (Fsp3) is 0.333. The highest BCUT2D eigenvalue weighted by Gasteiger charge is 2.22. The number of carbonyl (C=O) groups is 3. The second-order valence-corrected chi connectivity index (χ2v) is 9.56. The van der Waals surface area contributed by atoms with E-state index in [1.54, 1.807) is 6.07 Å². The van der Waals surface area contributed by atoms with Crippen molar-refractivity contribution in [1.29, 1.82) is 0 Å². The molecular formula is C30H36N6O4. The number of nitrogens with two attached hydrogens (primary N) is 1. The molecule has 1 fully saturated rings. The third kappa shape index (κ3) is 8.44. The Kier molecular flexibility index (Phi) is 10.7. The maximum Gasteiger partial charge on any atom is 0.411 e. The van der Waals surface area contributed by atoms with Crippen LogP contribution in [0, 0.1) is 0 Å². The van der Waals surface area contributed by atoms with Crippen LogP contribution >= 0.6 is 0 Å². The van der Waals surface area contributed by atoms with Crippen LogP contribution in [0.15, 0.2) is 72.9 Å². The summed E-state index contributed by atoms with van der Waals surface area (Å²) >= 11 is 0. The van der Waals surface area contributed by atoms with Gasteiger partial charge in [0, 0.05) is 56.6 Å². The lowest BCUT2D eigenvalue weighted by molar-refractivity contribution is 0.0593. The molecular weight excluding hydrogens is 508 g/mol. The van der Waals surface area contributed by atoms with Crippen LogP contribution in [0.2, 0.25) is 0 Å². The minimum atomic E-state index is -0.444. The number of amides is 2. The van der Waals surface area contributed by atoms with E-state index in [0.717, 1.165) is 49.3 Å². The smallest absolute Gasteiger partial charge is 0.411 e. The van der Waals surface area contributed by atoms with Crippen LogP contribution in [-0.2, 0) is 4.74 Å². The summed E-state index contributed by atoms with van der Waals surface area (Å²) in [7, 11) is 0. The Morgan fingerprint density at radius 2 is 1.70 bits per heavy atom. The molecule has 40 heavy (non-hydrogen) atoms. The highest BCUT2D eigenvalue weighted by molar-refractivity contribution is 5.98. The zero-order valence-corrected chi connectivity index (χ0v) is 22.5. The maximum absolute atomic E-state index is 12.6. The lowest BCUT2D eigenvalue weighted by Gasteiger charge is -2.31. The topological polar surface area (TPSA) is 139 Å². The minimum absolute atomic E-state index is 0.0895. The van der Waals surface area contributed by atoms with E-state index in [4.69, 9.17) is 10.5 Å². The van der Waals surface area contributed by atoms with E-state index in [9.17, 15) is 14.4 Å². The first-order valence-corrected chi connectivity index (χ1v) is 13.6. The molecule has 0 atom stereocenters. The van der Waals surface area contributed by atoms with Crippen molar-refractivity contribution in [2.75, 3.05) is 51.1 Å². The molecule has 4 rings (SSSR count). The number of pyridine rings is 1. The van der Waals surface area contributed by atoms with Crippen LogP contribution in [0.4, 0.5) is 10.5 Å². The number of Topliss-reactive ketones (excluding diaryl/α,β-unsaturated/α-hetero) is 1. The highest BCUT2D eigenvalue weighted by atomic mass is 16.6. The Bertz CT molecular complexity index is 1260. The van der Waals surface area contributed by atoms with Crippen molar-refractivity contribution in [2.45, 2.75) is 18.9 Å². The van der Waals surface area contributed by atoms with E-state index in [-0.39, 0.29) is 30.0 Å². The molecule has 1 aromatic heterocycles. The molecule has 2 amide bonds. The van der Waals surface area contributed by atoms with E-state index < -0.39 is 6.09 Å². The fourth-order valence-electron chi connectivity index (χ4n) is 4.51. The Balaban J connectivity index is 1.13. The summed E-state index contributed by atoms with van der Waals surface area (Å²) in [6.45, 7) is 3.97. The lowest BCUT2D eigenvalue weighted by atomic mass is 10.0. The number of nitrogens with one attached hydrogen (secondary N) is 3. The number of ether oxygens (including phenoxy) is 1. The van der Waals surface area contributed by atoms with Gasteiger partial charge < -0.3 is 26.0 Å². The molecule has 0 aliphatic carbocycles. The number of hydrogen-bond acceptors (Lipinski definition) is 8. The highest BCUT2D eigenvalue weighted by Crippen LogP contribution is 2.28. The van der Waals surface area contributed by atoms with Crippen molar-refractivity contribution < 1.29 is 19.1 Å². The minimum Gasteiger partial charge on any atom is -0.446 e. The number of para-hydroxylation sites is 1. The monoisotopic (exact) mass is 544 g/mol. The molecule has 1 saturated heterocycles. The molecule has 5 N–H and O–H groups in total. The van der Waals surface area contributed by atoms with Gasteiger partial charge in [0.25, 0.3) is 5.91 Å². The third-order valence-electron chi connectivity index (χ3n) is 6.70. The Morgan fingerprint density at radius 3 is 2.42 bits per heavy atom. The van der Waals surface area contributed by atoms with Gasteiger partial charge in [0.1, 0.15) is 11.8 Å². The molecule has 2 aromatic carbocycles. The van der Waals surface area contributed by atoms with E-state index in [2.05, 4.69) is 25.8 Å². The second-order valence-electron chi connectivity index (χ2n) is 9.56. The van der Waals surface area contributed by atoms with Gasteiger partial charge in [0.2, 0.25) is 0 Å². The molecule has 0 saturated carbocycles. The average molecular weight is 545 g/mol. The Morgan fingerprint density at radius 1 is 0.950 bits per heavy atom. The van der Waals surface area contributed by atoms with Gasteiger partial charge in [-0.3, -0.25) is 19.9 Å². The molecule has 3 aromatic rings. The van der Waals surface area contributed by atoms with Gasteiger partial charge in [-0.1, -0.05) is 48.5 Å². The predicted octanol–water partition coefficient (Wildman–Crippen LogP) is 2.92. The Labute approximate surface area is 234 Å². The number of anilines is 1. The van der Waals surface area contributed by atoms with E-state index in [1.165, 1.54) is 12.3 Å². The molecule has 0 bridgehead atoms. The number of piperidine rings is 1. The van der Waals surface area contributed by atoms with Crippen LogP contribution in [0.3, 0.4) is 0 Å². The molecule has 10 heteroatoms. The number of nitrogens with zero attached hydrogens (tertiary/aromatic N) is 2. The van der Waals surface area contributed by atoms with E-state index >= 15 is 0 Å². The summed E-state index contributed by atoms with van der Waals surface area (Å²) in [5, 5.41) is 8.73. The third-order valence-corrected chi connectivity index (χ3v) is 6.70. The fourth-order valence-corrected chi connectivity index (χ4v) is 4.51. The van der Waals surface area contributed by atoms with Crippen molar-refractivity contribution >= 4 is 23.5 Å². The Hall–Kier alpha value is -4.12. The van der Waals surface area contributed by atoms with Crippen LogP contribution in [0.25, 0.3) is 11.1 Å². The molecule has 1 aliphatic rings. The van der Waals surface area contributed by atoms with Gasteiger partial charge in [-0.2, -0.15) is 0 Å². The summed E-state index contributed by atoms with van der Waals surface area (Å²) in [6, 6.07) is 20.7. The van der Waals surface area contributed by atoms with Gasteiger partial charge in [-0.25, -0.2) is 4.79 Å². The average Bonchev–Trinajstić information content (AvgIpc) is 2.99. The van der Waals surface area contributed by atoms with Crippen molar-refractivity contribution in [3.05, 3.63) is 84.2 Å². The van der Waals surface area contributed by atoms with Gasteiger partial charge in [0.05, 0.1) is 12.2 Å². The molecule has 10 nitrogen and oxygen atoms in total. The molecule has 210 valence electrons. The summed E-state index contributed by atoms with van der Waals surface area (Å²) in [6.07, 6.45) is 2.35. The molecule has 2 heterocycles. The standard InChI is InChI=1S/C30H36N6O4/c31-14-15-33-29(38)27-11-10-23(20-34-27)28(37)21-32-16-19-36-17-12-24(13-18-36)40-30(39)35-26-9-5-4-8-25(26)22-6-2-1-3-7-22/h1-11,20,24,32H,12-19,21,31H2,(H,33,38)(H,35,39). The zero-order valence-electron chi connectivity index (χ0n) is 22.5. The van der Waals surface area contributed by atoms with Gasteiger partial charge in [-0.05, 0) is 36.6 Å². The number of rotatable bonds is 12. The summed E-state index contributed by atoms with van der Waals surface area (Å²) in [4.78, 5) is 43.3. The van der Waals surface area contributed by atoms with Crippen LogP contribution in [0.1, 0.15) is 33.7 Å². The summed E-state index contributed by atoms with van der Waals surface area (Å²) in [5.74, 6) is -0.404. The SMILES string of the molecule is NCCNC(=O)c1ccc(C(=O)CNCCN2CCC(OC(=O)Nc3ccccc3-c3ccccc3)CC2)cn1. The predicted molar refractivity (Wildman–Crippen MR) is 154 cm³/mol. The maximum atomic E-state index is 12.6. The molecule has 0 radical (unpaired) electrons. The molecule has 1 aliphatic heterocycles. The number of likely N-dealkylation sites (tertiary alicyclic amines) is 1. The van der Waals surface area contributed by atoms with E-state index in [0.29, 0.717) is 25.2 Å². The first-order valence-electron chi connectivity index (χ1n) is 13.6. The summed E-state index contributed by atoms with van der Waals surface area (Å²) < 4.78 is 5.71. The number of carbonyl (C=O) groups excluding carboxylic acids is 3. The first kappa shape index (κ1) is 28.9. The van der Waals surface area contributed by atoms with Gasteiger partial charge >= 0.3 is 6.09 Å². The summed E-state index contributed by atoms with van der Waals surface area (Å²) in [5.41, 5.74) is 8.77. The quantitative estimate of drug-likeness (QED) is 0.202. The number of benzene rings is 2. The van der Waals surface area contributed by atoms with Crippen molar-refractivity contribution in [3.8, 4) is 11.1 Å². The van der Waals surface area contributed by atoms with E-state index in [1.807, 2.05) is 54.6 Å². The van der Waals surface area contributed by atoms with Crippen molar-refractivity contribution in [3.63, 3.8) is 0 Å². The lowest BCUT2D eigenvalue weighted by Crippen LogP contribution is -2.42. The van der Waals surface area contributed by atoms with Crippen molar-refractivity contribution in [2.24, 2.45) is 5.73 Å². The van der Waals surface area contributed by atoms with Gasteiger partial charge in [-0.15, -0.1) is 0 Å². The molecule has 0 spiro atoms. The van der Waals surface area contributed by atoms with Crippen LogP contribution in [0.5, 0.6) is 0 Å². The largest absolute Gasteiger partial charge is 0.446 e. The number of ketones is 1. The normalized spacial score (nSPS) is 13.9. The van der Waals surface area contributed by atoms with Crippen LogP contribution in [-0.4, -0.2) is 79.6 Å². The second kappa shape index (κ2) is 14.9. The number of hydrogen-bond donors (Lipinski definition) is 4. The van der Waals surface area contributed by atoms with Gasteiger partial charge in [0.15, 0.2) is 5.78 Å². The molecule has 0 unspecified atom stereocenters. The van der Waals surface area contributed by atoms with Crippen molar-refractivity contribution in [1.82, 2.24) is 20.5 Å². The van der Waals surface area contributed by atoms with Crippen LogP contribution < -0.4 is 21.7 Å². The first-order chi connectivity index (χ1) is 19.5. The number of aromatic nitrogens is 1.